The van der Waals surface area contributed by atoms with Crippen LogP contribution in [0.15, 0.2) is 65.9 Å². The van der Waals surface area contributed by atoms with Gasteiger partial charge < -0.3 is 25.4 Å². The second-order valence-electron chi connectivity index (χ2n) is 7.81. The molecule has 1 unspecified atom stereocenters. The highest BCUT2D eigenvalue weighted by molar-refractivity contribution is 7.80. The molecule has 1 heterocycles. The molecule has 3 rings (SSSR count). The molecule has 1 atom stereocenters. The Morgan fingerprint density at radius 3 is 2.50 bits per heavy atom. The number of ether oxygens (including phenoxy) is 2. The van der Waals surface area contributed by atoms with E-state index in [9.17, 15) is 9.59 Å². The lowest BCUT2D eigenvalue weighted by atomic mass is 9.93. The number of carbonyl (C=O) groups is 2. The van der Waals surface area contributed by atoms with Gasteiger partial charge in [-0.05, 0) is 43.6 Å². The highest BCUT2D eigenvalue weighted by Gasteiger charge is 2.33. The van der Waals surface area contributed by atoms with Crippen LogP contribution in [0.3, 0.4) is 0 Å². The van der Waals surface area contributed by atoms with Crippen molar-refractivity contribution in [3.8, 4) is 5.75 Å². The molecule has 0 saturated carbocycles. The first-order valence-electron chi connectivity index (χ1n) is 11.5. The molecule has 1 aliphatic heterocycles. The van der Waals surface area contributed by atoms with E-state index in [2.05, 4.69) is 16.0 Å². The van der Waals surface area contributed by atoms with Crippen molar-refractivity contribution in [2.75, 3.05) is 19.8 Å². The van der Waals surface area contributed by atoms with Crippen molar-refractivity contribution in [3.05, 3.63) is 77.0 Å². The largest absolute Gasteiger partial charge is 0.483 e. The maximum atomic E-state index is 12.9. The number of esters is 1. The number of hydrogen-bond donors (Lipinski definition) is 3. The van der Waals surface area contributed by atoms with Gasteiger partial charge in [-0.2, -0.15) is 0 Å². The molecule has 0 fully saturated rings. The van der Waals surface area contributed by atoms with Gasteiger partial charge in [0.25, 0.3) is 5.91 Å². The number of rotatable bonds is 11. The average molecular weight is 482 g/mol. The molecule has 3 N–H and O–H groups in total. The van der Waals surface area contributed by atoms with Crippen LogP contribution in [0.5, 0.6) is 5.75 Å². The van der Waals surface area contributed by atoms with Gasteiger partial charge in [0, 0.05) is 17.8 Å². The van der Waals surface area contributed by atoms with E-state index in [-0.39, 0.29) is 19.1 Å². The zero-order chi connectivity index (χ0) is 24.3. The molecular weight excluding hydrogens is 450 g/mol. The van der Waals surface area contributed by atoms with Gasteiger partial charge in [0.1, 0.15) is 5.75 Å². The molecule has 2 aromatic rings. The molecule has 0 aromatic heterocycles. The molecule has 0 aliphatic carbocycles. The third kappa shape index (κ3) is 6.81. The SMILES string of the molecule is CCCC1=C(C(=O)OCC)C(c2ccccc2OCC(=O)NCCc2ccccc2)NC(=S)N1. The number of carbonyl (C=O) groups excluding carboxylic acids is 2. The standard InChI is InChI=1S/C26H31N3O4S/c1-3-10-20-23(25(31)32-4-2)24(29-26(34)28-20)19-13-8-9-14-21(19)33-17-22(30)27-16-15-18-11-6-5-7-12-18/h5-9,11-14,24H,3-4,10,15-17H2,1-2H3,(H,27,30)(H2,28,29,34). The Kier molecular flexibility index (Phi) is 9.46. The van der Waals surface area contributed by atoms with Crippen LogP contribution in [0.25, 0.3) is 0 Å². The van der Waals surface area contributed by atoms with Crippen molar-refractivity contribution < 1.29 is 19.1 Å². The average Bonchev–Trinajstić information content (AvgIpc) is 2.83. The van der Waals surface area contributed by atoms with Crippen LogP contribution in [-0.2, 0) is 20.7 Å². The van der Waals surface area contributed by atoms with Gasteiger partial charge in [-0.25, -0.2) is 4.79 Å². The minimum absolute atomic E-state index is 0.137. The van der Waals surface area contributed by atoms with Gasteiger partial charge in [-0.1, -0.05) is 61.9 Å². The monoisotopic (exact) mass is 481 g/mol. The minimum Gasteiger partial charge on any atom is -0.483 e. The summed E-state index contributed by atoms with van der Waals surface area (Å²) in [6, 6.07) is 16.7. The molecule has 2 aromatic carbocycles. The maximum Gasteiger partial charge on any atom is 0.338 e. The Bertz CT molecular complexity index is 1040. The number of para-hydroxylation sites is 1. The van der Waals surface area contributed by atoms with Gasteiger partial charge in [-0.15, -0.1) is 0 Å². The molecule has 1 amide bonds. The zero-order valence-electron chi connectivity index (χ0n) is 19.6. The smallest absolute Gasteiger partial charge is 0.338 e. The molecule has 0 radical (unpaired) electrons. The van der Waals surface area contributed by atoms with Crippen LogP contribution >= 0.6 is 12.2 Å². The molecule has 0 saturated heterocycles. The van der Waals surface area contributed by atoms with Gasteiger partial charge >= 0.3 is 5.97 Å². The van der Waals surface area contributed by atoms with Crippen molar-refractivity contribution in [2.24, 2.45) is 0 Å². The van der Waals surface area contributed by atoms with Crippen LogP contribution in [0.4, 0.5) is 0 Å². The summed E-state index contributed by atoms with van der Waals surface area (Å²) in [4.78, 5) is 25.3. The fourth-order valence-corrected chi connectivity index (χ4v) is 4.03. The van der Waals surface area contributed by atoms with E-state index in [0.717, 1.165) is 24.1 Å². The molecular formula is C26H31N3O4S. The zero-order valence-corrected chi connectivity index (χ0v) is 20.4. The summed E-state index contributed by atoms with van der Waals surface area (Å²) in [7, 11) is 0. The fraction of sp³-hybridized carbons (Fsp3) is 0.346. The quantitative estimate of drug-likeness (QED) is 0.334. The lowest BCUT2D eigenvalue weighted by Crippen LogP contribution is -2.46. The lowest BCUT2D eigenvalue weighted by molar-refractivity contribution is -0.139. The van der Waals surface area contributed by atoms with Crippen molar-refractivity contribution in [1.29, 1.82) is 0 Å². The molecule has 1 aliphatic rings. The summed E-state index contributed by atoms with van der Waals surface area (Å²) in [5.41, 5.74) is 3.08. The van der Waals surface area contributed by atoms with Gasteiger partial charge in [-0.3, -0.25) is 4.79 Å². The Labute approximate surface area is 205 Å². The molecule has 0 bridgehead atoms. The van der Waals surface area contributed by atoms with E-state index in [0.29, 0.717) is 35.0 Å². The number of hydrogen-bond acceptors (Lipinski definition) is 5. The second-order valence-corrected chi connectivity index (χ2v) is 8.21. The van der Waals surface area contributed by atoms with E-state index >= 15 is 0 Å². The summed E-state index contributed by atoms with van der Waals surface area (Å²) < 4.78 is 11.2. The van der Waals surface area contributed by atoms with Crippen molar-refractivity contribution in [3.63, 3.8) is 0 Å². The van der Waals surface area contributed by atoms with Crippen molar-refractivity contribution in [2.45, 2.75) is 39.2 Å². The topological polar surface area (TPSA) is 88.7 Å². The Balaban J connectivity index is 1.73. The van der Waals surface area contributed by atoms with Gasteiger partial charge in [0.15, 0.2) is 11.7 Å². The molecule has 8 heteroatoms. The predicted molar refractivity (Wildman–Crippen MR) is 135 cm³/mol. The summed E-state index contributed by atoms with van der Waals surface area (Å²) in [6.45, 7) is 4.45. The molecule has 7 nitrogen and oxygen atoms in total. The van der Waals surface area contributed by atoms with Crippen LogP contribution in [0, 0.1) is 0 Å². The fourth-order valence-electron chi connectivity index (χ4n) is 3.78. The van der Waals surface area contributed by atoms with Crippen molar-refractivity contribution >= 4 is 29.2 Å². The number of nitrogens with one attached hydrogen (secondary N) is 3. The predicted octanol–water partition coefficient (Wildman–Crippen LogP) is 3.56. The van der Waals surface area contributed by atoms with E-state index in [1.54, 1.807) is 13.0 Å². The van der Waals surface area contributed by atoms with Gasteiger partial charge in [0.05, 0.1) is 18.2 Å². The first-order valence-corrected chi connectivity index (χ1v) is 11.9. The third-order valence-corrected chi connectivity index (χ3v) is 5.54. The summed E-state index contributed by atoms with van der Waals surface area (Å²) in [5, 5.41) is 9.59. The highest BCUT2D eigenvalue weighted by Crippen LogP contribution is 2.34. The first kappa shape index (κ1) is 25.2. The van der Waals surface area contributed by atoms with E-state index in [4.69, 9.17) is 21.7 Å². The van der Waals surface area contributed by atoms with E-state index in [1.165, 1.54) is 0 Å². The normalized spacial score (nSPS) is 15.2. The molecule has 0 spiro atoms. The summed E-state index contributed by atoms with van der Waals surface area (Å²) in [6.07, 6.45) is 2.23. The summed E-state index contributed by atoms with van der Waals surface area (Å²) >= 11 is 5.40. The maximum absolute atomic E-state index is 12.9. The van der Waals surface area contributed by atoms with Crippen LogP contribution in [0.1, 0.15) is 43.9 Å². The second kappa shape index (κ2) is 12.7. The van der Waals surface area contributed by atoms with Crippen LogP contribution in [0.2, 0.25) is 0 Å². The van der Waals surface area contributed by atoms with E-state index < -0.39 is 12.0 Å². The summed E-state index contributed by atoms with van der Waals surface area (Å²) in [5.74, 6) is -0.125. The first-order chi connectivity index (χ1) is 16.5. The molecule has 34 heavy (non-hydrogen) atoms. The number of thiocarbonyl (C=S) groups is 1. The minimum atomic E-state index is -0.549. The number of allylic oxidation sites excluding steroid dienone is 1. The number of amides is 1. The number of benzene rings is 2. The van der Waals surface area contributed by atoms with Crippen molar-refractivity contribution in [1.82, 2.24) is 16.0 Å². The Hall–Kier alpha value is -3.39. The van der Waals surface area contributed by atoms with E-state index in [1.807, 2.05) is 55.5 Å². The Morgan fingerprint density at radius 1 is 1.03 bits per heavy atom. The highest BCUT2D eigenvalue weighted by atomic mass is 32.1. The lowest BCUT2D eigenvalue weighted by Gasteiger charge is -2.31. The molecule has 180 valence electrons. The third-order valence-electron chi connectivity index (χ3n) is 5.32. The van der Waals surface area contributed by atoms with Crippen LogP contribution < -0.4 is 20.7 Å². The van der Waals surface area contributed by atoms with Gasteiger partial charge in [0.2, 0.25) is 0 Å². The van der Waals surface area contributed by atoms with Crippen LogP contribution in [-0.4, -0.2) is 36.7 Å². The Morgan fingerprint density at radius 2 is 1.76 bits per heavy atom.